The number of esters is 1. The van der Waals surface area contributed by atoms with Crippen molar-refractivity contribution >= 4 is 21.5 Å². The van der Waals surface area contributed by atoms with Crippen molar-refractivity contribution in [3.8, 4) is 0 Å². The van der Waals surface area contributed by atoms with Crippen LogP contribution in [0, 0.1) is 0 Å². The number of aromatic nitrogens is 1. The number of hydrogen-bond donors (Lipinski definition) is 1. The van der Waals surface area contributed by atoms with E-state index in [4.69, 9.17) is 10.5 Å². The molecule has 0 aliphatic carbocycles. The lowest BCUT2D eigenvalue weighted by Crippen LogP contribution is -2.26. The van der Waals surface area contributed by atoms with E-state index in [2.05, 4.69) is 0 Å². The minimum atomic E-state index is -3.17. The van der Waals surface area contributed by atoms with E-state index in [1.165, 1.54) is 25.3 Å². The van der Waals surface area contributed by atoms with Crippen molar-refractivity contribution < 1.29 is 17.9 Å². The Kier molecular flexibility index (Phi) is 5.11. The minimum absolute atomic E-state index is 0.000766. The van der Waals surface area contributed by atoms with Crippen molar-refractivity contribution in [2.75, 3.05) is 23.8 Å². The second-order valence-corrected chi connectivity index (χ2v) is 6.36. The van der Waals surface area contributed by atoms with E-state index in [-0.39, 0.29) is 30.2 Å². The van der Waals surface area contributed by atoms with Crippen LogP contribution in [0.3, 0.4) is 0 Å². The zero-order valence-corrected chi connectivity index (χ0v) is 11.4. The van der Waals surface area contributed by atoms with Crippen molar-refractivity contribution in [3.63, 3.8) is 0 Å². The van der Waals surface area contributed by atoms with Crippen LogP contribution in [-0.2, 0) is 25.9 Å². The lowest BCUT2D eigenvalue weighted by Gasteiger charge is -2.07. The fraction of sp³-hybridized carbons (Fsp3) is 0.455. The first-order valence-corrected chi connectivity index (χ1v) is 7.48. The van der Waals surface area contributed by atoms with Gasteiger partial charge in [-0.2, -0.15) is 0 Å². The van der Waals surface area contributed by atoms with Gasteiger partial charge in [-0.1, -0.05) is 6.92 Å². The van der Waals surface area contributed by atoms with Gasteiger partial charge in [0.2, 0.25) is 0 Å². The summed E-state index contributed by atoms with van der Waals surface area (Å²) in [6, 6.07) is 2.67. The summed E-state index contributed by atoms with van der Waals surface area (Å²) in [4.78, 5) is 22.8. The van der Waals surface area contributed by atoms with E-state index in [1.807, 2.05) is 0 Å². The van der Waals surface area contributed by atoms with Crippen LogP contribution in [0.1, 0.15) is 6.92 Å². The van der Waals surface area contributed by atoms with Crippen LogP contribution in [0.5, 0.6) is 0 Å². The van der Waals surface area contributed by atoms with Gasteiger partial charge >= 0.3 is 5.97 Å². The Balaban J connectivity index is 2.52. The van der Waals surface area contributed by atoms with Crippen LogP contribution in [-0.4, -0.2) is 37.1 Å². The molecule has 2 N–H and O–H groups in total. The number of nitrogen functional groups attached to an aromatic ring is 1. The molecule has 0 aliphatic rings. The Morgan fingerprint density at radius 2 is 2.11 bits per heavy atom. The highest BCUT2D eigenvalue weighted by Gasteiger charge is 2.10. The molecule has 0 fully saturated rings. The lowest BCUT2D eigenvalue weighted by molar-refractivity contribution is -0.143. The fourth-order valence-electron chi connectivity index (χ4n) is 1.28. The Bertz CT molecular complexity index is 606. The molecule has 1 heterocycles. The largest absolute Gasteiger partial charge is 0.463 e. The van der Waals surface area contributed by atoms with Gasteiger partial charge in [-0.3, -0.25) is 9.59 Å². The number of nitrogens with two attached hydrogens (primary N) is 1. The molecule has 0 atom stereocenters. The maximum Gasteiger partial charge on any atom is 0.326 e. The maximum atomic E-state index is 11.4. The highest BCUT2D eigenvalue weighted by atomic mass is 32.2. The van der Waals surface area contributed by atoms with E-state index < -0.39 is 15.8 Å². The number of pyridine rings is 1. The predicted molar refractivity (Wildman–Crippen MR) is 70.4 cm³/mol. The zero-order chi connectivity index (χ0) is 14.5. The molecule has 0 unspecified atom stereocenters. The van der Waals surface area contributed by atoms with E-state index in [9.17, 15) is 18.0 Å². The second-order valence-electron chi connectivity index (χ2n) is 3.89. The van der Waals surface area contributed by atoms with Gasteiger partial charge < -0.3 is 15.0 Å². The quantitative estimate of drug-likeness (QED) is 0.701. The molecule has 106 valence electrons. The smallest absolute Gasteiger partial charge is 0.326 e. The third-order valence-corrected chi connectivity index (χ3v) is 4.07. The molecular weight excluding hydrogens is 272 g/mol. The third kappa shape index (κ3) is 5.12. The molecule has 0 spiro atoms. The molecule has 19 heavy (non-hydrogen) atoms. The van der Waals surface area contributed by atoms with Crippen molar-refractivity contribution in [1.29, 1.82) is 0 Å². The average Bonchev–Trinajstić information content (AvgIpc) is 2.33. The van der Waals surface area contributed by atoms with Crippen LogP contribution in [0.2, 0.25) is 0 Å². The molecule has 8 heteroatoms. The second kappa shape index (κ2) is 6.37. The molecule has 0 aliphatic heterocycles. The van der Waals surface area contributed by atoms with Gasteiger partial charge in [0, 0.05) is 23.7 Å². The number of carbonyl (C=O) groups is 1. The monoisotopic (exact) mass is 288 g/mol. The van der Waals surface area contributed by atoms with Crippen molar-refractivity contribution in [2.45, 2.75) is 13.5 Å². The van der Waals surface area contributed by atoms with Gasteiger partial charge in [0.05, 0.1) is 5.75 Å². The highest BCUT2D eigenvalue weighted by molar-refractivity contribution is 7.91. The summed E-state index contributed by atoms with van der Waals surface area (Å²) >= 11 is 0. The average molecular weight is 288 g/mol. The summed E-state index contributed by atoms with van der Waals surface area (Å²) < 4.78 is 28.2. The zero-order valence-electron chi connectivity index (χ0n) is 10.5. The third-order valence-electron chi connectivity index (χ3n) is 2.40. The molecular formula is C11H16N2O5S. The number of ether oxygens (including phenoxy) is 1. The van der Waals surface area contributed by atoms with Crippen molar-refractivity contribution in [2.24, 2.45) is 0 Å². The standard InChI is InChI=1S/C11H16N2O5S/c1-2-19(16,17)6-5-18-11(15)8-13-7-9(12)3-4-10(13)14/h3-4,7H,2,5-6,8,12H2,1H3. The Labute approximate surface area is 110 Å². The van der Waals surface area contributed by atoms with Gasteiger partial charge in [-0.25, -0.2) is 8.42 Å². The summed E-state index contributed by atoms with van der Waals surface area (Å²) in [6.07, 6.45) is 1.33. The van der Waals surface area contributed by atoms with Crippen LogP contribution in [0.4, 0.5) is 5.69 Å². The van der Waals surface area contributed by atoms with E-state index >= 15 is 0 Å². The van der Waals surface area contributed by atoms with E-state index in [1.54, 1.807) is 0 Å². The normalized spacial score (nSPS) is 11.2. The van der Waals surface area contributed by atoms with Crippen LogP contribution >= 0.6 is 0 Å². The first-order valence-electron chi connectivity index (χ1n) is 5.66. The first kappa shape index (κ1) is 15.2. The van der Waals surface area contributed by atoms with Crippen LogP contribution < -0.4 is 11.3 Å². The van der Waals surface area contributed by atoms with Crippen LogP contribution in [0.15, 0.2) is 23.1 Å². The molecule has 1 aromatic rings. The Hall–Kier alpha value is -1.83. The summed E-state index contributed by atoms with van der Waals surface area (Å²) in [7, 11) is -3.17. The predicted octanol–water partition coefficient (Wildman–Crippen LogP) is -0.592. The summed E-state index contributed by atoms with van der Waals surface area (Å²) in [5.74, 6) is -0.903. The highest BCUT2D eigenvalue weighted by Crippen LogP contribution is 1.97. The molecule has 0 saturated heterocycles. The SMILES string of the molecule is CCS(=O)(=O)CCOC(=O)Cn1cc(N)ccc1=O. The van der Waals surface area contributed by atoms with Gasteiger partial charge in [0.25, 0.3) is 5.56 Å². The molecule has 0 radical (unpaired) electrons. The van der Waals surface area contributed by atoms with Gasteiger partial charge in [0.1, 0.15) is 13.2 Å². The van der Waals surface area contributed by atoms with Gasteiger partial charge in [-0.15, -0.1) is 0 Å². The van der Waals surface area contributed by atoms with Crippen molar-refractivity contribution in [1.82, 2.24) is 4.57 Å². The van der Waals surface area contributed by atoms with Gasteiger partial charge in [-0.05, 0) is 6.07 Å². The van der Waals surface area contributed by atoms with Crippen molar-refractivity contribution in [3.05, 3.63) is 28.7 Å². The summed E-state index contributed by atoms with van der Waals surface area (Å²) in [5.41, 5.74) is 5.45. The minimum Gasteiger partial charge on any atom is -0.463 e. The molecule has 0 amide bonds. The summed E-state index contributed by atoms with van der Waals surface area (Å²) in [5, 5.41) is 0. The number of hydrogen-bond acceptors (Lipinski definition) is 6. The van der Waals surface area contributed by atoms with E-state index in [0.717, 1.165) is 4.57 Å². The molecule has 0 saturated carbocycles. The fourth-order valence-corrected chi connectivity index (χ4v) is 1.91. The van der Waals surface area contributed by atoms with Crippen LogP contribution in [0.25, 0.3) is 0 Å². The Morgan fingerprint density at radius 1 is 1.42 bits per heavy atom. The van der Waals surface area contributed by atoms with E-state index in [0.29, 0.717) is 5.69 Å². The summed E-state index contributed by atoms with van der Waals surface area (Å²) in [6.45, 7) is 1.01. The maximum absolute atomic E-state index is 11.4. The number of anilines is 1. The first-order chi connectivity index (χ1) is 8.84. The molecule has 7 nitrogen and oxygen atoms in total. The Morgan fingerprint density at radius 3 is 2.74 bits per heavy atom. The molecule has 0 aromatic carbocycles. The number of carbonyl (C=O) groups excluding carboxylic acids is 1. The van der Waals surface area contributed by atoms with Gasteiger partial charge in [0.15, 0.2) is 9.84 Å². The molecule has 1 rings (SSSR count). The molecule has 0 bridgehead atoms. The lowest BCUT2D eigenvalue weighted by atomic mass is 10.4. The number of sulfone groups is 1. The topological polar surface area (TPSA) is 108 Å². The number of rotatable bonds is 6. The molecule has 1 aromatic heterocycles. The number of nitrogens with zero attached hydrogens (tertiary/aromatic N) is 1.